The summed E-state index contributed by atoms with van der Waals surface area (Å²) in [5.41, 5.74) is 0.0380. The van der Waals surface area contributed by atoms with Crippen LogP contribution in [0.3, 0.4) is 0 Å². The Morgan fingerprint density at radius 1 is 1.39 bits per heavy atom. The zero-order valence-electron chi connectivity index (χ0n) is 11.6. The Morgan fingerprint density at radius 3 is 2.72 bits per heavy atom. The van der Waals surface area contributed by atoms with Gasteiger partial charge in [0.1, 0.15) is 6.10 Å². The largest absolute Gasteiger partial charge is 0.462 e. The van der Waals surface area contributed by atoms with E-state index in [1.807, 2.05) is 0 Å². The number of hydrogen-bond acceptors (Lipinski definition) is 2. The van der Waals surface area contributed by atoms with Gasteiger partial charge in [0, 0.05) is 5.41 Å². The minimum absolute atomic E-state index is 0.0380. The van der Waals surface area contributed by atoms with Crippen molar-refractivity contribution in [1.29, 1.82) is 0 Å². The molecule has 0 radical (unpaired) electrons. The van der Waals surface area contributed by atoms with Crippen LogP contribution in [0.5, 0.6) is 0 Å². The van der Waals surface area contributed by atoms with E-state index in [-0.39, 0.29) is 23.4 Å². The van der Waals surface area contributed by atoms with Crippen molar-refractivity contribution in [2.45, 2.75) is 70.8 Å². The highest BCUT2D eigenvalue weighted by Gasteiger charge is 2.47. The van der Waals surface area contributed by atoms with E-state index in [4.69, 9.17) is 4.74 Å². The summed E-state index contributed by atoms with van der Waals surface area (Å²) in [7, 11) is 0. The Kier molecular flexibility index (Phi) is 4.47. The van der Waals surface area contributed by atoms with E-state index in [0.29, 0.717) is 0 Å². The summed E-state index contributed by atoms with van der Waals surface area (Å²) in [5, 5.41) is 0. The third-order valence-corrected chi connectivity index (χ3v) is 4.83. The summed E-state index contributed by atoms with van der Waals surface area (Å²) in [5.74, 6) is 0.120. The molecule has 2 fully saturated rings. The molecule has 0 bridgehead atoms. The smallest absolute Gasteiger partial charge is 0.310 e. The van der Waals surface area contributed by atoms with Gasteiger partial charge in [0.2, 0.25) is 0 Å². The molecular formula is C16H26O2. The van der Waals surface area contributed by atoms with Gasteiger partial charge in [-0.25, -0.2) is 0 Å². The molecular weight excluding hydrogens is 224 g/mol. The molecule has 2 atom stereocenters. The van der Waals surface area contributed by atoms with Crippen molar-refractivity contribution in [3.05, 3.63) is 12.7 Å². The number of unbranched alkanes of at least 4 members (excludes halogenated alkanes) is 1. The molecule has 2 unspecified atom stereocenters. The first-order valence-electron chi connectivity index (χ1n) is 7.56. The number of rotatable bonds is 5. The number of cyclic esters (lactones) is 1. The maximum atomic E-state index is 12.1. The lowest BCUT2D eigenvalue weighted by Crippen LogP contribution is -2.33. The highest BCUT2D eigenvalue weighted by Crippen LogP contribution is 2.48. The van der Waals surface area contributed by atoms with Crippen LogP contribution in [0.4, 0.5) is 0 Å². The van der Waals surface area contributed by atoms with Crippen molar-refractivity contribution in [3.63, 3.8) is 0 Å². The Hall–Kier alpha value is -0.790. The summed E-state index contributed by atoms with van der Waals surface area (Å²) < 4.78 is 5.57. The highest BCUT2D eigenvalue weighted by molar-refractivity contribution is 5.76. The molecule has 102 valence electrons. The third kappa shape index (κ3) is 2.62. The SMILES string of the molecule is C=CC1(C2CC(CCCC)OC2=O)CCCCC1. The van der Waals surface area contributed by atoms with Gasteiger partial charge in [-0.3, -0.25) is 4.79 Å². The second-order valence-corrected chi connectivity index (χ2v) is 5.99. The predicted octanol–water partition coefficient (Wildman–Crippen LogP) is 4.24. The van der Waals surface area contributed by atoms with E-state index < -0.39 is 0 Å². The first-order chi connectivity index (χ1) is 8.72. The lowest BCUT2D eigenvalue weighted by Gasteiger charge is -2.37. The first-order valence-corrected chi connectivity index (χ1v) is 7.56. The quantitative estimate of drug-likeness (QED) is 0.538. The third-order valence-electron chi connectivity index (χ3n) is 4.83. The number of allylic oxidation sites excluding steroid dienone is 1. The van der Waals surface area contributed by atoms with E-state index >= 15 is 0 Å². The summed E-state index contributed by atoms with van der Waals surface area (Å²) in [6, 6.07) is 0. The van der Waals surface area contributed by atoms with Crippen LogP contribution >= 0.6 is 0 Å². The molecule has 1 heterocycles. The molecule has 1 saturated carbocycles. The van der Waals surface area contributed by atoms with Gasteiger partial charge in [-0.1, -0.05) is 45.1 Å². The Morgan fingerprint density at radius 2 is 2.11 bits per heavy atom. The van der Waals surface area contributed by atoms with Crippen LogP contribution in [0.2, 0.25) is 0 Å². The maximum absolute atomic E-state index is 12.1. The van der Waals surface area contributed by atoms with E-state index in [1.165, 1.54) is 25.7 Å². The van der Waals surface area contributed by atoms with Gasteiger partial charge in [0.05, 0.1) is 5.92 Å². The van der Waals surface area contributed by atoms with Crippen molar-refractivity contribution in [2.75, 3.05) is 0 Å². The summed E-state index contributed by atoms with van der Waals surface area (Å²) in [6.07, 6.45) is 12.5. The second-order valence-electron chi connectivity index (χ2n) is 5.99. The van der Waals surface area contributed by atoms with Gasteiger partial charge in [-0.15, -0.1) is 6.58 Å². The lowest BCUT2D eigenvalue weighted by molar-refractivity contribution is -0.147. The van der Waals surface area contributed by atoms with E-state index in [2.05, 4.69) is 19.6 Å². The van der Waals surface area contributed by atoms with Crippen LogP contribution in [0.1, 0.15) is 64.7 Å². The number of esters is 1. The molecule has 0 N–H and O–H groups in total. The second kappa shape index (κ2) is 5.90. The summed E-state index contributed by atoms with van der Waals surface area (Å²) in [4.78, 5) is 12.1. The molecule has 0 spiro atoms. The molecule has 0 aromatic rings. The Balaban J connectivity index is 2.03. The number of carbonyl (C=O) groups is 1. The molecule has 1 saturated heterocycles. The fourth-order valence-electron chi connectivity index (χ4n) is 3.64. The van der Waals surface area contributed by atoms with Crippen molar-refractivity contribution in [1.82, 2.24) is 0 Å². The van der Waals surface area contributed by atoms with Crippen molar-refractivity contribution in [3.8, 4) is 0 Å². The van der Waals surface area contributed by atoms with Gasteiger partial charge in [0.15, 0.2) is 0 Å². The van der Waals surface area contributed by atoms with Gasteiger partial charge in [-0.05, 0) is 25.7 Å². The van der Waals surface area contributed by atoms with Crippen molar-refractivity contribution in [2.24, 2.45) is 11.3 Å². The van der Waals surface area contributed by atoms with Crippen molar-refractivity contribution >= 4 is 5.97 Å². The van der Waals surface area contributed by atoms with Crippen LogP contribution in [0.25, 0.3) is 0 Å². The molecule has 0 amide bonds. The molecule has 0 aromatic heterocycles. The van der Waals surface area contributed by atoms with E-state index in [1.54, 1.807) is 0 Å². The van der Waals surface area contributed by atoms with Gasteiger partial charge in [0.25, 0.3) is 0 Å². The fourth-order valence-corrected chi connectivity index (χ4v) is 3.64. The highest BCUT2D eigenvalue weighted by atomic mass is 16.5. The van der Waals surface area contributed by atoms with Crippen molar-refractivity contribution < 1.29 is 9.53 Å². The molecule has 1 aliphatic carbocycles. The maximum Gasteiger partial charge on any atom is 0.310 e. The van der Waals surface area contributed by atoms with Crippen LogP contribution in [0.15, 0.2) is 12.7 Å². The van der Waals surface area contributed by atoms with Crippen LogP contribution < -0.4 is 0 Å². The number of carbonyl (C=O) groups excluding carboxylic acids is 1. The van der Waals surface area contributed by atoms with Gasteiger partial charge in [-0.2, -0.15) is 0 Å². The monoisotopic (exact) mass is 250 g/mol. The minimum Gasteiger partial charge on any atom is -0.462 e. The molecule has 2 nitrogen and oxygen atoms in total. The molecule has 2 aliphatic rings. The number of ether oxygens (including phenoxy) is 1. The van der Waals surface area contributed by atoms with E-state index in [0.717, 1.165) is 32.1 Å². The Bertz CT molecular complexity index is 302. The fraction of sp³-hybridized carbons (Fsp3) is 0.812. The van der Waals surface area contributed by atoms with Gasteiger partial charge < -0.3 is 4.74 Å². The predicted molar refractivity (Wildman–Crippen MR) is 73.2 cm³/mol. The van der Waals surface area contributed by atoms with Crippen LogP contribution in [-0.4, -0.2) is 12.1 Å². The minimum atomic E-state index is 0.0380. The first kappa shape index (κ1) is 13.6. The molecule has 0 aromatic carbocycles. The van der Waals surface area contributed by atoms with E-state index in [9.17, 15) is 4.79 Å². The summed E-state index contributed by atoms with van der Waals surface area (Å²) >= 11 is 0. The number of hydrogen-bond donors (Lipinski definition) is 0. The van der Waals surface area contributed by atoms with Crippen LogP contribution in [-0.2, 0) is 9.53 Å². The normalized spacial score (nSPS) is 31.1. The van der Waals surface area contributed by atoms with Gasteiger partial charge >= 0.3 is 5.97 Å². The molecule has 2 heteroatoms. The Labute approximate surface area is 111 Å². The average Bonchev–Trinajstić information content (AvgIpc) is 2.79. The molecule has 18 heavy (non-hydrogen) atoms. The molecule has 1 aliphatic heterocycles. The zero-order valence-corrected chi connectivity index (χ0v) is 11.6. The topological polar surface area (TPSA) is 26.3 Å². The molecule has 2 rings (SSSR count). The lowest BCUT2D eigenvalue weighted by atomic mass is 9.65. The summed E-state index contributed by atoms with van der Waals surface area (Å²) in [6.45, 7) is 6.20. The zero-order chi connectivity index (χ0) is 13.0. The standard InChI is InChI=1S/C16H26O2/c1-3-5-9-13-12-14(15(17)18-13)16(4-2)10-7-6-8-11-16/h4,13-14H,2-3,5-12H2,1H3. The van der Waals surface area contributed by atoms with Crippen LogP contribution in [0, 0.1) is 11.3 Å². The average molecular weight is 250 g/mol.